The fourth-order valence-corrected chi connectivity index (χ4v) is 2.71. The highest BCUT2D eigenvalue weighted by Gasteiger charge is 2.24. The Hall–Kier alpha value is -1.20. The summed E-state index contributed by atoms with van der Waals surface area (Å²) in [6, 6.07) is 6.86. The largest absolute Gasteiger partial charge is 0.435 e. The minimum atomic E-state index is -2.77. The highest BCUT2D eigenvalue weighted by atomic mass is 19.3. The van der Waals surface area contributed by atoms with Crippen molar-refractivity contribution >= 4 is 0 Å². The Balaban J connectivity index is 1.90. The maximum Gasteiger partial charge on any atom is 0.387 e. The molecule has 0 aliphatic carbocycles. The minimum Gasteiger partial charge on any atom is -0.435 e. The van der Waals surface area contributed by atoms with E-state index in [0.29, 0.717) is 11.8 Å². The Bertz CT molecular complexity index is 411. The van der Waals surface area contributed by atoms with E-state index in [9.17, 15) is 8.78 Å². The molecule has 1 aromatic rings. The Morgan fingerprint density at radius 3 is 2.65 bits per heavy atom. The maximum absolute atomic E-state index is 12.1. The number of likely N-dealkylation sites (tertiary alicyclic amines) is 1. The molecule has 3 nitrogen and oxygen atoms in total. The zero-order valence-electron chi connectivity index (χ0n) is 11.8. The minimum absolute atomic E-state index is 0.204. The molecule has 0 aromatic heterocycles. The number of halogens is 2. The fourth-order valence-electron chi connectivity index (χ4n) is 2.71. The second-order valence-corrected chi connectivity index (χ2v) is 5.52. The van der Waals surface area contributed by atoms with Crippen molar-refractivity contribution in [1.82, 2.24) is 4.90 Å². The number of nitrogens with two attached hydrogens (primary N) is 1. The van der Waals surface area contributed by atoms with E-state index < -0.39 is 6.61 Å². The van der Waals surface area contributed by atoms with Crippen LogP contribution in [0.1, 0.15) is 18.9 Å². The number of alkyl halides is 2. The molecule has 0 saturated carbocycles. The Morgan fingerprint density at radius 1 is 1.35 bits per heavy atom. The van der Waals surface area contributed by atoms with Crippen LogP contribution in [0, 0.1) is 11.8 Å². The molecular formula is C15H22F2N2O. The molecule has 2 atom stereocenters. The van der Waals surface area contributed by atoms with Crippen molar-refractivity contribution in [2.45, 2.75) is 26.5 Å². The lowest BCUT2D eigenvalue weighted by atomic mass is 9.87. The van der Waals surface area contributed by atoms with E-state index in [0.717, 1.165) is 38.2 Å². The van der Waals surface area contributed by atoms with Gasteiger partial charge < -0.3 is 10.5 Å². The maximum atomic E-state index is 12.1. The second kappa shape index (κ2) is 6.99. The van der Waals surface area contributed by atoms with Gasteiger partial charge in [0.05, 0.1) is 0 Å². The lowest BCUT2D eigenvalue weighted by Gasteiger charge is -2.36. The fraction of sp³-hybridized carbons (Fsp3) is 0.600. The predicted molar refractivity (Wildman–Crippen MR) is 74.7 cm³/mol. The van der Waals surface area contributed by atoms with E-state index in [1.54, 1.807) is 12.1 Å². The number of ether oxygens (including phenoxy) is 1. The van der Waals surface area contributed by atoms with E-state index in [1.807, 2.05) is 12.1 Å². The SMILES string of the molecule is CC1CCN(Cc2ccc(OC(F)F)cc2)CC1CN. The molecule has 2 N–H and O–H groups in total. The molecule has 0 bridgehead atoms. The summed E-state index contributed by atoms with van der Waals surface area (Å²) in [7, 11) is 0. The zero-order chi connectivity index (χ0) is 14.5. The normalized spacial score (nSPS) is 24.1. The summed E-state index contributed by atoms with van der Waals surface area (Å²) in [5, 5.41) is 0. The summed E-state index contributed by atoms with van der Waals surface area (Å²) in [6.07, 6.45) is 1.16. The molecule has 0 amide bonds. The number of hydrogen-bond acceptors (Lipinski definition) is 3. The predicted octanol–water partition coefficient (Wildman–Crippen LogP) is 2.70. The van der Waals surface area contributed by atoms with Gasteiger partial charge in [-0.3, -0.25) is 4.90 Å². The van der Waals surface area contributed by atoms with E-state index in [4.69, 9.17) is 5.73 Å². The molecule has 2 rings (SSSR count). The van der Waals surface area contributed by atoms with Gasteiger partial charge in [0.1, 0.15) is 5.75 Å². The lowest BCUT2D eigenvalue weighted by Crippen LogP contribution is -2.42. The first-order valence-corrected chi connectivity index (χ1v) is 7.04. The third kappa shape index (κ3) is 4.15. The molecule has 5 heteroatoms. The topological polar surface area (TPSA) is 38.5 Å². The van der Waals surface area contributed by atoms with Gasteiger partial charge in [0, 0.05) is 13.1 Å². The zero-order valence-corrected chi connectivity index (χ0v) is 11.8. The summed E-state index contributed by atoms with van der Waals surface area (Å²) in [6.45, 7) is 3.11. The quantitative estimate of drug-likeness (QED) is 0.903. The molecule has 1 saturated heterocycles. The molecule has 0 radical (unpaired) electrons. The molecular weight excluding hydrogens is 262 g/mol. The lowest BCUT2D eigenvalue weighted by molar-refractivity contribution is -0.0498. The number of piperidine rings is 1. The van der Waals surface area contributed by atoms with Crippen LogP contribution in [0.15, 0.2) is 24.3 Å². The van der Waals surface area contributed by atoms with Crippen molar-refractivity contribution in [3.8, 4) is 5.75 Å². The number of nitrogens with zero attached hydrogens (tertiary/aromatic N) is 1. The van der Waals surface area contributed by atoms with Gasteiger partial charge in [0.15, 0.2) is 0 Å². The highest BCUT2D eigenvalue weighted by molar-refractivity contribution is 5.27. The van der Waals surface area contributed by atoms with E-state index >= 15 is 0 Å². The van der Waals surface area contributed by atoms with Crippen molar-refractivity contribution in [3.63, 3.8) is 0 Å². The van der Waals surface area contributed by atoms with Gasteiger partial charge in [-0.15, -0.1) is 0 Å². The van der Waals surface area contributed by atoms with Crippen molar-refractivity contribution in [2.24, 2.45) is 17.6 Å². The third-order valence-corrected chi connectivity index (χ3v) is 4.06. The average molecular weight is 284 g/mol. The standard InChI is InChI=1S/C15H22F2N2O/c1-11-6-7-19(10-13(11)8-18)9-12-2-4-14(5-3-12)20-15(16)17/h2-5,11,13,15H,6-10,18H2,1H3. The van der Waals surface area contributed by atoms with Crippen LogP contribution in [0.2, 0.25) is 0 Å². The smallest absolute Gasteiger partial charge is 0.387 e. The molecule has 1 aliphatic heterocycles. The third-order valence-electron chi connectivity index (χ3n) is 4.06. The summed E-state index contributed by atoms with van der Waals surface area (Å²) in [4.78, 5) is 2.38. The molecule has 1 aliphatic rings. The molecule has 1 fully saturated rings. The first kappa shape index (κ1) is 15.2. The molecule has 2 unspecified atom stereocenters. The van der Waals surface area contributed by atoms with Crippen LogP contribution < -0.4 is 10.5 Å². The van der Waals surface area contributed by atoms with Crippen LogP contribution >= 0.6 is 0 Å². The monoisotopic (exact) mass is 284 g/mol. The van der Waals surface area contributed by atoms with E-state index in [-0.39, 0.29) is 5.75 Å². The van der Waals surface area contributed by atoms with Gasteiger partial charge in [-0.05, 0) is 49.0 Å². The van der Waals surface area contributed by atoms with Gasteiger partial charge >= 0.3 is 6.61 Å². The summed E-state index contributed by atoms with van der Waals surface area (Å²) in [5.41, 5.74) is 6.91. The summed E-state index contributed by atoms with van der Waals surface area (Å²) >= 11 is 0. The van der Waals surface area contributed by atoms with Gasteiger partial charge in [0.25, 0.3) is 0 Å². The first-order valence-electron chi connectivity index (χ1n) is 7.04. The van der Waals surface area contributed by atoms with Crippen LogP contribution in [0.3, 0.4) is 0 Å². The average Bonchev–Trinajstić information content (AvgIpc) is 2.42. The van der Waals surface area contributed by atoms with Gasteiger partial charge in [-0.1, -0.05) is 19.1 Å². The summed E-state index contributed by atoms with van der Waals surface area (Å²) in [5.74, 6) is 1.43. The van der Waals surface area contributed by atoms with Crippen LogP contribution in [0.5, 0.6) is 5.75 Å². The second-order valence-electron chi connectivity index (χ2n) is 5.52. The molecule has 20 heavy (non-hydrogen) atoms. The van der Waals surface area contributed by atoms with E-state index in [1.165, 1.54) is 0 Å². The van der Waals surface area contributed by atoms with Gasteiger partial charge in [-0.2, -0.15) is 8.78 Å². The number of hydrogen-bond donors (Lipinski definition) is 1. The number of rotatable bonds is 5. The van der Waals surface area contributed by atoms with Crippen LogP contribution in [0.4, 0.5) is 8.78 Å². The molecule has 0 spiro atoms. The Labute approximate surface area is 118 Å². The van der Waals surface area contributed by atoms with Crippen molar-refractivity contribution in [3.05, 3.63) is 29.8 Å². The van der Waals surface area contributed by atoms with Crippen molar-refractivity contribution < 1.29 is 13.5 Å². The van der Waals surface area contributed by atoms with Crippen LogP contribution in [-0.4, -0.2) is 31.1 Å². The number of benzene rings is 1. The van der Waals surface area contributed by atoms with Crippen LogP contribution in [0.25, 0.3) is 0 Å². The summed E-state index contributed by atoms with van der Waals surface area (Å²) < 4.78 is 28.5. The van der Waals surface area contributed by atoms with Crippen LogP contribution in [-0.2, 0) is 6.54 Å². The molecule has 1 heterocycles. The van der Waals surface area contributed by atoms with Gasteiger partial charge in [0.2, 0.25) is 0 Å². The highest BCUT2D eigenvalue weighted by Crippen LogP contribution is 2.24. The molecule has 112 valence electrons. The van der Waals surface area contributed by atoms with Gasteiger partial charge in [-0.25, -0.2) is 0 Å². The van der Waals surface area contributed by atoms with E-state index in [2.05, 4.69) is 16.6 Å². The Kier molecular flexibility index (Phi) is 5.31. The first-order chi connectivity index (χ1) is 9.58. The molecule has 1 aromatic carbocycles. The van der Waals surface area contributed by atoms with Crippen molar-refractivity contribution in [1.29, 1.82) is 0 Å². The van der Waals surface area contributed by atoms with Crippen molar-refractivity contribution in [2.75, 3.05) is 19.6 Å². The Morgan fingerprint density at radius 2 is 2.05 bits per heavy atom.